The summed E-state index contributed by atoms with van der Waals surface area (Å²) in [7, 11) is 0. The second-order valence-electron chi connectivity index (χ2n) is 5.47. The van der Waals surface area contributed by atoms with Crippen LogP contribution in [-0.2, 0) is 6.54 Å². The maximum absolute atomic E-state index is 4.47. The number of piperidine rings is 1. The molecule has 1 atom stereocenters. The van der Waals surface area contributed by atoms with Crippen LogP contribution in [-0.4, -0.2) is 38.8 Å². The van der Waals surface area contributed by atoms with Crippen LogP contribution in [0.5, 0.6) is 0 Å². The molecule has 2 heterocycles. The normalized spacial score (nSPS) is 21.2. The van der Waals surface area contributed by atoms with Crippen LogP contribution < -0.4 is 0 Å². The number of aryl methyl sites for hydroxylation is 2. The van der Waals surface area contributed by atoms with Crippen molar-refractivity contribution in [3.63, 3.8) is 0 Å². The molecule has 0 aliphatic carbocycles. The molecule has 0 radical (unpaired) electrons. The van der Waals surface area contributed by atoms with E-state index in [0.29, 0.717) is 6.04 Å². The van der Waals surface area contributed by atoms with Gasteiger partial charge >= 0.3 is 0 Å². The highest BCUT2D eigenvalue weighted by atomic mass is 15.4. The second kappa shape index (κ2) is 5.65. The van der Waals surface area contributed by atoms with Crippen molar-refractivity contribution in [3.8, 4) is 0 Å². The average molecular weight is 248 g/mol. The summed E-state index contributed by atoms with van der Waals surface area (Å²) in [4.78, 5) is 6.92. The van der Waals surface area contributed by atoms with Crippen LogP contribution in [0.25, 0.3) is 0 Å². The van der Waals surface area contributed by atoms with Crippen molar-refractivity contribution >= 4 is 0 Å². The van der Waals surface area contributed by atoms with Gasteiger partial charge in [-0.25, -0.2) is 9.67 Å². The van der Waals surface area contributed by atoms with Gasteiger partial charge in [0.2, 0.25) is 0 Å². The first-order valence-corrected chi connectivity index (χ1v) is 6.82. The zero-order valence-corrected chi connectivity index (χ0v) is 11.8. The molecule has 1 aromatic rings. The molecule has 100 valence electrons. The maximum atomic E-state index is 4.47. The van der Waals surface area contributed by atoms with E-state index in [4.69, 9.17) is 0 Å². The minimum atomic E-state index is 0.579. The molecule has 0 amide bonds. The van der Waals surface area contributed by atoms with Crippen molar-refractivity contribution in [2.75, 3.05) is 13.1 Å². The van der Waals surface area contributed by atoms with Crippen molar-refractivity contribution in [1.82, 2.24) is 19.7 Å². The summed E-state index contributed by atoms with van der Waals surface area (Å²) in [6.07, 6.45) is 3.88. The van der Waals surface area contributed by atoms with Crippen LogP contribution in [0, 0.1) is 13.8 Å². The molecule has 0 spiro atoms. The number of likely N-dealkylation sites (tertiary alicyclic amines) is 1. The highest BCUT2D eigenvalue weighted by molar-refractivity contribution is 4.95. The van der Waals surface area contributed by atoms with Crippen LogP contribution in [0.15, 0.2) is 12.2 Å². The van der Waals surface area contributed by atoms with E-state index in [2.05, 4.69) is 33.2 Å². The Balaban J connectivity index is 2.05. The molecule has 2 rings (SSSR count). The van der Waals surface area contributed by atoms with Crippen LogP contribution in [0.1, 0.15) is 37.8 Å². The summed E-state index contributed by atoms with van der Waals surface area (Å²) < 4.78 is 2.05. The molecule has 18 heavy (non-hydrogen) atoms. The molecule has 1 unspecified atom stereocenters. The van der Waals surface area contributed by atoms with E-state index in [0.717, 1.165) is 24.7 Å². The van der Waals surface area contributed by atoms with Gasteiger partial charge in [-0.15, -0.1) is 0 Å². The van der Waals surface area contributed by atoms with Crippen LogP contribution in [0.3, 0.4) is 0 Å². The number of nitrogens with zero attached hydrogens (tertiary/aromatic N) is 4. The van der Waals surface area contributed by atoms with E-state index in [-0.39, 0.29) is 0 Å². The molecule has 0 aromatic carbocycles. The number of aromatic nitrogens is 3. The van der Waals surface area contributed by atoms with Gasteiger partial charge in [0.15, 0.2) is 0 Å². The van der Waals surface area contributed by atoms with Crippen molar-refractivity contribution in [1.29, 1.82) is 0 Å². The Morgan fingerprint density at radius 1 is 1.39 bits per heavy atom. The summed E-state index contributed by atoms with van der Waals surface area (Å²) >= 11 is 0. The summed E-state index contributed by atoms with van der Waals surface area (Å²) in [5.74, 6) is 1.89. The first-order valence-electron chi connectivity index (χ1n) is 6.82. The van der Waals surface area contributed by atoms with Crippen LogP contribution >= 0.6 is 0 Å². The zero-order valence-electron chi connectivity index (χ0n) is 11.8. The molecule has 1 aliphatic rings. The summed E-state index contributed by atoms with van der Waals surface area (Å²) in [5.41, 5.74) is 1.24. The highest BCUT2D eigenvalue weighted by Crippen LogP contribution is 2.19. The molecule has 1 aromatic heterocycles. The Hall–Kier alpha value is -1.16. The Labute approximate surface area is 110 Å². The fourth-order valence-electron chi connectivity index (χ4n) is 2.76. The van der Waals surface area contributed by atoms with Crippen molar-refractivity contribution in [2.45, 2.75) is 52.6 Å². The molecule has 4 heteroatoms. The molecule has 4 nitrogen and oxygen atoms in total. The lowest BCUT2D eigenvalue weighted by atomic mass is 10.0. The summed E-state index contributed by atoms with van der Waals surface area (Å²) in [6, 6.07) is 0.579. The van der Waals surface area contributed by atoms with Gasteiger partial charge in [-0.2, -0.15) is 5.10 Å². The van der Waals surface area contributed by atoms with E-state index < -0.39 is 0 Å². The largest absolute Gasteiger partial charge is 0.295 e. The molecule has 1 aliphatic heterocycles. The molecule has 1 fully saturated rings. The first-order chi connectivity index (χ1) is 8.56. The van der Waals surface area contributed by atoms with Gasteiger partial charge < -0.3 is 0 Å². The van der Waals surface area contributed by atoms with E-state index >= 15 is 0 Å². The van der Waals surface area contributed by atoms with E-state index in [9.17, 15) is 0 Å². The average Bonchev–Trinajstić information content (AvgIpc) is 2.59. The number of hydrogen-bond acceptors (Lipinski definition) is 3. The van der Waals surface area contributed by atoms with E-state index in [1.807, 2.05) is 13.8 Å². The second-order valence-corrected chi connectivity index (χ2v) is 5.47. The third-order valence-corrected chi connectivity index (χ3v) is 3.57. The van der Waals surface area contributed by atoms with E-state index in [1.165, 1.54) is 31.4 Å². The molecule has 0 N–H and O–H groups in total. The molecule has 0 saturated carbocycles. The van der Waals surface area contributed by atoms with Crippen molar-refractivity contribution in [3.05, 3.63) is 23.8 Å². The fourth-order valence-corrected chi connectivity index (χ4v) is 2.76. The van der Waals surface area contributed by atoms with Crippen molar-refractivity contribution in [2.24, 2.45) is 0 Å². The fraction of sp³-hybridized carbons (Fsp3) is 0.714. The van der Waals surface area contributed by atoms with Gasteiger partial charge in [0.05, 0.1) is 6.54 Å². The molecular formula is C14H24N4. The van der Waals surface area contributed by atoms with Gasteiger partial charge in [-0.1, -0.05) is 18.6 Å². The Bertz CT molecular complexity index is 421. The predicted octanol–water partition coefficient (Wildman–Crippen LogP) is 2.33. The minimum Gasteiger partial charge on any atom is -0.295 e. The lowest BCUT2D eigenvalue weighted by Crippen LogP contribution is -2.43. The monoisotopic (exact) mass is 248 g/mol. The van der Waals surface area contributed by atoms with Gasteiger partial charge in [-0.05, 0) is 40.2 Å². The third kappa shape index (κ3) is 3.19. The quantitative estimate of drug-likeness (QED) is 0.767. The maximum Gasteiger partial charge on any atom is 0.147 e. The number of hydrogen-bond donors (Lipinski definition) is 0. The smallest absolute Gasteiger partial charge is 0.147 e. The highest BCUT2D eigenvalue weighted by Gasteiger charge is 2.23. The Kier molecular flexibility index (Phi) is 4.17. The molecule has 1 saturated heterocycles. The standard InChI is InChI=1S/C14H24N4/c1-11(2)9-17-8-6-5-7-14(17)10-18-13(4)15-12(3)16-18/h14H,1,5-10H2,2-4H3. The van der Waals surface area contributed by atoms with E-state index in [1.54, 1.807) is 0 Å². The number of rotatable bonds is 4. The predicted molar refractivity (Wildman–Crippen MR) is 73.5 cm³/mol. The third-order valence-electron chi connectivity index (χ3n) is 3.57. The first kappa shape index (κ1) is 13.3. The van der Waals surface area contributed by atoms with Gasteiger partial charge in [-0.3, -0.25) is 4.90 Å². The summed E-state index contributed by atoms with van der Waals surface area (Å²) in [5, 5.41) is 4.47. The van der Waals surface area contributed by atoms with Gasteiger partial charge in [0, 0.05) is 12.6 Å². The molecular weight excluding hydrogens is 224 g/mol. The molecule has 0 bridgehead atoms. The van der Waals surface area contributed by atoms with Crippen molar-refractivity contribution < 1.29 is 0 Å². The lowest BCUT2D eigenvalue weighted by molar-refractivity contribution is 0.141. The lowest BCUT2D eigenvalue weighted by Gasteiger charge is -2.35. The zero-order chi connectivity index (χ0) is 13.1. The summed E-state index contributed by atoms with van der Waals surface area (Å²) in [6.45, 7) is 13.3. The van der Waals surface area contributed by atoms with Crippen LogP contribution in [0.4, 0.5) is 0 Å². The SMILES string of the molecule is C=C(C)CN1CCCCC1Cn1nc(C)nc1C. The van der Waals surface area contributed by atoms with Gasteiger partial charge in [0.1, 0.15) is 11.6 Å². The van der Waals surface area contributed by atoms with Crippen LogP contribution in [0.2, 0.25) is 0 Å². The Morgan fingerprint density at radius 2 is 2.17 bits per heavy atom. The van der Waals surface area contributed by atoms with Gasteiger partial charge in [0.25, 0.3) is 0 Å². The topological polar surface area (TPSA) is 34.0 Å². The Morgan fingerprint density at radius 3 is 2.78 bits per heavy atom. The minimum absolute atomic E-state index is 0.579.